The van der Waals surface area contributed by atoms with Crippen LogP contribution in [0.4, 0.5) is 0 Å². The highest BCUT2D eigenvalue weighted by atomic mass is 16.4. The van der Waals surface area contributed by atoms with Crippen LogP contribution in [0.15, 0.2) is 30.3 Å². The maximum atomic E-state index is 13.4. The fourth-order valence-corrected chi connectivity index (χ4v) is 4.14. The van der Waals surface area contributed by atoms with E-state index in [2.05, 4.69) is 10.6 Å². The molecule has 12 heteroatoms. The van der Waals surface area contributed by atoms with Gasteiger partial charge < -0.3 is 37.8 Å². The van der Waals surface area contributed by atoms with Crippen molar-refractivity contribution in [2.75, 3.05) is 13.1 Å². The number of carbonyl (C=O) groups is 5. The molecule has 0 saturated carbocycles. The molecule has 9 N–H and O–H groups in total. The maximum absolute atomic E-state index is 13.4. The molecule has 198 valence electrons. The van der Waals surface area contributed by atoms with Gasteiger partial charge in [-0.25, -0.2) is 4.79 Å². The van der Waals surface area contributed by atoms with Gasteiger partial charge in [-0.3, -0.25) is 19.2 Å². The zero-order chi connectivity index (χ0) is 26.7. The first-order valence-corrected chi connectivity index (χ1v) is 12.1. The summed E-state index contributed by atoms with van der Waals surface area (Å²) in [6, 6.07) is 4.52. The third-order valence-corrected chi connectivity index (χ3v) is 6.06. The molecule has 12 nitrogen and oxygen atoms in total. The van der Waals surface area contributed by atoms with Gasteiger partial charge >= 0.3 is 5.97 Å². The molecule has 0 bridgehead atoms. The standard InChI is InChI=1S/C24H36N6O6/c25-11-5-4-9-16(26)21(32)28-17(14-20(27)31)22(33)29-18(13-15-7-2-1-3-8-15)23(34)30-12-6-10-19(30)24(35)36/h1-3,7-8,16-19H,4-6,9-14,25-26H2,(H2,27,31)(H,28,32)(H,29,33)(H,35,36). The summed E-state index contributed by atoms with van der Waals surface area (Å²) in [5.41, 5.74) is 17.4. The second kappa shape index (κ2) is 14.1. The molecule has 1 aliphatic heterocycles. The van der Waals surface area contributed by atoms with E-state index in [1.165, 1.54) is 4.90 Å². The van der Waals surface area contributed by atoms with Crippen molar-refractivity contribution >= 4 is 29.6 Å². The van der Waals surface area contributed by atoms with Crippen LogP contribution in [0.2, 0.25) is 0 Å². The van der Waals surface area contributed by atoms with Crippen molar-refractivity contribution in [2.45, 2.75) is 69.1 Å². The normalized spacial score (nSPS) is 17.6. The molecule has 4 unspecified atom stereocenters. The number of rotatable bonds is 14. The first-order chi connectivity index (χ1) is 17.1. The molecule has 4 atom stereocenters. The van der Waals surface area contributed by atoms with Crippen molar-refractivity contribution in [3.05, 3.63) is 35.9 Å². The zero-order valence-corrected chi connectivity index (χ0v) is 20.2. The van der Waals surface area contributed by atoms with E-state index in [1.807, 2.05) is 0 Å². The smallest absolute Gasteiger partial charge is 0.326 e. The number of carboxylic acids is 1. The molecule has 4 amide bonds. The summed E-state index contributed by atoms with van der Waals surface area (Å²) < 4.78 is 0. The van der Waals surface area contributed by atoms with Gasteiger partial charge in [0.25, 0.3) is 0 Å². The highest BCUT2D eigenvalue weighted by molar-refractivity contribution is 5.96. The van der Waals surface area contributed by atoms with Crippen molar-refractivity contribution in [3.63, 3.8) is 0 Å². The van der Waals surface area contributed by atoms with Crippen molar-refractivity contribution in [1.82, 2.24) is 15.5 Å². The number of likely N-dealkylation sites (tertiary alicyclic amines) is 1. The number of benzene rings is 1. The Morgan fingerprint density at radius 3 is 2.31 bits per heavy atom. The van der Waals surface area contributed by atoms with Crippen molar-refractivity contribution in [3.8, 4) is 0 Å². The molecule has 1 aliphatic rings. The lowest BCUT2D eigenvalue weighted by Gasteiger charge is -2.29. The fourth-order valence-electron chi connectivity index (χ4n) is 4.14. The summed E-state index contributed by atoms with van der Waals surface area (Å²) >= 11 is 0. The number of nitrogens with one attached hydrogen (secondary N) is 2. The van der Waals surface area contributed by atoms with Crippen LogP contribution in [0.3, 0.4) is 0 Å². The summed E-state index contributed by atoms with van der Waals surface area (Å²) in [6.07, 6.45) is 2.07. The Labute approximate surface area is 209 Å². The topological polar surface area (TPSA) is 211 Å². The molecule has 2 rings (SSSR count). The fraction of sp³-hybridized carbons (Fsp3) is 0.542. The second-order valence-corrected chi connectivity index (χ2v) is 8.90. The minimum absolute atomic E-state index is 0.0874. The number of aliphatic carboxylic acids is 1. The van der Waals surface area contributed by atoms with Gasteiger partial charge in [0.2, 0.25) is 23.6 Å². The van der Waals surface area contributed by atoms with Crippen LogP contribution >= 0.6 is 0 Å². The summed E-state index contributed by atoms with van der Waals surface area (Å²) in [5.74, 6) is -3.93. The van der Waals surface area contributed by atoms with E-state index >= 15 is 0 Å². The Kier molecular flexibility index (Phi) is 11.3. The van der Waals surface area contributed by atoms with Gasteiger partial charge in [0.15, 0.2) is 0 Å². The van der Waals surface area contributed by atoms with Gasteiger partial charge in [-0.1, -0.05) is 36.8 Å². The molecule has 0 radical (unpaired) electrons. The predicted octanol–water partition coefficient (Wildman–Crippen LogP) is -1.39. The number of hydrogen-bond donors (Lipinski definition) is 6. The average molecular weight is 505 g/mol. The largest absolute Gasteiger partial charge is 0.480 e. The van der Waals surface area contributed by atoms with Crippen LogP contribution in [-0.2, 0) is 30.4 Å². The van der Waals surface area contributed by atoms with Crippen molar-refractivity contribution in [1.29, 1.82) is 0 Å². The molecule has 1 heterocycles. The average Bonchev–Trinajstić information content (AvgIpc) is 3.33. The monoisotopic (exact) mass is 504 g/mol. The minimum atomic E-state index is -1.35. The third-order valence-electron chi connectivity index (χ3n) is 6.06. The number of unbranched alkanes of at least 4 members (excludes halogenated alkanes) is 1. The van der Waals surface area contributed by atoms with Gasteiger partial charge in [-0.05, 0) is 37.8 Å². The lowest BCUT2D eigenvalue weighted by Crippen LogP contribution is -2.58. The van der Waals surface area contributed by atoms with Crippen molar-refractivity contribution in [2.24, 2.45) is 17.2 Å². The van der Waals surface area contributed by atoms with Gasteiger partial charge in [0, 0.05) is 13.0 Å². The first-order valence-electron chi connectivity index (χ1n) is 12.1. The molecule has 1 fully saturated rings. The molecule has 0 aromatic heterocycles. The van der Waals surface area contributed by atoms with Gasteiger partial charge in [-0.15, -0.1) is 0 Å². The highest BCUT2D eigenvalue weighted by Crippen LogP contribution is 2.20. The molecule has 0 spiro atoms. The molecule has 0 aliphatic carbocycles. The van der Waals surface area contributed by atoms with E-state index in [1.54, 1.807) is 30.3 Å². The number of carboxylic acid groups (broad SMARTS) is 1. The predicted molar refractivity (Wildman–Crippen MR) is 131 cm³/mol. The number of nitrogens with two attached hydrogens (primary N) is 3. The van der Waals surface area contributed by atoms with Crippen LogP contribution in [0.1, 0.15) is 44.1 Å². The molecular formula is C24H36N6O6. The zero-order valence-electron chi connectivity index (χ0n) is 20.2. The molecule has 1 saturated heterocycles. The van der Waals surface area contributed by atoms with Crippen LogP contribution in [0, 0.1) is 0 Å². The Morgan fingerprint density at radius 1 is 1.03 bits per heavy atom. The maximum Gasteiger partial charge on any atom is 0.326 e. The SMILES string of the molecule is NCCCCC(N)C(=O)NC(CC(N)=O)C(=O)NC(Cc1ccccc1)C(=O)N1CCCC1C(=O)O. The lowest BCUT2D eigenvalue weighted by atomic mass is 10.0. The van der Waals surface area contributed by atoms with Gasteiger partial charge in [-0.2, -0.15) is 0 Å². The Hall–Kier alpha value is -3.51. The first kappa shape index (κ1) is 28.7. The Balaban J connectivity index is 2.20. The van der Waals surface area contributed by atoms with Crippen LogP contribution in [-0.4, -0.2) is 76.9 Å². The number of primary amides is 1. The molecule has 1 aromatic rings. The van der Waals surface area contributed by atoms with E-state index in [4.69, 9.17) is 17.2 Å². The van der Waals surface area contributed by atoms with Crippen LogP contribution in [0.5, 0.6) is 0 Å². The molecule has 36 heavy (non-hydrogen) atoms. The van der Waals surface area contributed by atoms with Crippen molar-refractivity contribution < 1.29 is 29.1 Å². The summed E-state index contributed by atoms with van der Waals surface area (Å²) in [4.78, 5) is 63.5. The van der Waals surface area contributed by atoms with Gasteiger partial charge in [0.1, 0.15) is 18.1 Å². The third kappa shape index (κ3) is 8.61. The van der Waals surface area contributed by atoms with E-state index in [-0.39, 0.29) is 13.0 Å². The summed E-state index contributed by atoms with van der Waals surface area (Å²) in [6.45, 7) is 0.702. The van der Waals surface area contributed by atoms with Crippen LogP contribution in [0.25, 0.3) is 0 Å². The number of hydrogen-bond acceptors (Lipinski definition) is 7. The summed E-state index contributed by atoms with van der Waals surface area (Å²) in [5, 5.41) is 14.6. The number of nitrogens with zero attached hydrogens (tertiary/aromatic N) is 1. The minimum Gasteiger partial charge on any atom is -0.480 e. The van der Waals surface area contributed by atoms with Crippen LogP contribution < -0.4 is 27.8 Å². The highest BCUT2D eigenvalue weighted by Gasteiger charge is 2.38. The lowest BCUT2D eigenvalue weighted by molar-refractivity contribution is -0.149. The molecule has 1 aromatic carbocycles. The van der Waals surface area contributed by atoms with E-state index < -0.39 is 60.2 Å². The number of carbonyl (C=O) groups excluding carboxylic acids is 4. The molecular weight excluding hydrogens is 468 g/mol. The van der Waals surface area contributed by atoms with E-state index in [0.29, 0.717) is 38.6 Å². The van der Waals surface area contributed by atoms with Gasteiger partial charge in [0.05, 0.1) is 12.5 Å². The number of amides is 4. The Bertz CT molecular complexity index is 927. The van der Waals surface area contributed by atoms with E-state index in [9.17, 15) is 29.1 Å². The Morgan fingerprint density at radius 2 is 1.69 bits per heavy atom. The van der Waals surface area contributed by atoms with E-state index in [0.717, 1.165) is 5.56 Å². The second-order valence-electron chi connectivity index (χ2n) is 8.90. The summed E-state index contributed by atoms with van der Waals surface area (Å²) in [7, 11) is 0. The quantitative estimate of drug-likeness (QED) is 0.166.